The number of hydrogen-bond donors (Lipinski definition) is 2. The van der Waals surface area contributed by atoms with Crippen molar-refractivity contribution in [2.24, 2.45) is 5.92 Å². The Bertz CT molecular complexity index is 434. The molecule has 1 fully saturated rings. The monoisotopic (exact) mass is 264 g/mol. The Balaban J connectivity index is 2.26. The maximum absolute atomic E-state index is 9.80. The van der Waals surface area contributed by atoms with Gasteiger partial charge in [-0.05, 0) is 36.0 Å². The lowest BCUT2D eigenvalue weighted by atomic mass is 9.96. The van der Waals surface area contributed by atoms with E-state index >= 15 is 0 Å². The average Bonchev–Trinajstić information content (AvgIpc) is 2.41. The molecule has 2 unspecified atom stereocenters. The second kappa shape index (κ2) is 5.88. The van der Waals surface area contributed by atoms with E-state index in [9.17, 15) is 10.2 Å². The average molecular weight is 264 g/mol. The molecule has 0 aromatic carbocycles. The molecule has 2 atom stereocenters. The Morgan fingerprint density at radius 1 is 1.42 bits per heavy atom. The van der Waals surface area contributed by atoms with Crippen LogP contribution in [-0.2, 0) is 6.61 Å². The van der Waals surface area contributed by atoms with Crippen LogP contribution in [0.2, 0.25) is 0 Å². The SMILES string of the molecule is CC(C)c1cc(CO)cc(N2CCC(O)C(C)C2)n1. The Morgan fingerprint density at radius 3 is 2.74 bits per heavy atom. The molecule has 0 spiro atoms. The maximum atomic E-state index is 9.80. The topological polar surface area (TPSA) is 56.6 Å². The molecule has 2 heterocycles. The number of hydrogen-bond acceptors (Lipinski definition) is 4. The Kier molecular flexibility index (Phi) is 4.42. The summed E-state index contributed by atoms with van der Waals surface area (Å²) in [5.41, 5.74) is 1.92. The summed E-state index contributed by atoms with van der Waals surface area (Å²) in [6, 6.07) is 3.92. The molecule has 106 valence electrons. The fraction of sp³-hybridized carbons (Fsp3) is 0.667. The lowest BCUT2D eigenvalue weighted by Crippen LogP contribution is -2.42. The first-order chi connectivity index (χ1) is 9.01. The maximum Gasteiger partial charge on any atom is 0.129 e. The van der Waals surface area contributed by atoms with E-state index in [1.165, 1.54) is 0 Å². The highest BCUT2D eigenvalue weighted by molar-refractivity contribution is 5.43. The Morgan fingerprint density at radius 2 is 2.16 bits per heavy atom. The van der Waals surface area contributed by atoms with E-state index in [0.29, 0.717) is 5.92 Å². The first kappa shape index (κ1) is 14.3. The fourth-order valence-corrected chi connectivity index (χ4v) is 2.48. The first-order valence-corrected chi connectivity index (χ1v) is 7.06. The number of piperidine rings is 1. The van der Waals surface area contributed by atoms with Crippen molar-refractivity contribution in [1.82, 2.24) is 4.98 Å². The van der Waals surface area contributed by atoms with E-state index in [-0.39, 0.29) is 18.6 Å². The molecule has 0 aliphatic carbocycles. The zero-order valence-corrected chi connectivity index (χ0v) is 12.0. The zero-order valence-electron chi connectivity index (χ0n) is 12.0. The van der Waals surface area contributed by atoms with Crippen LogP contribution in [0, 0.1) is 5.92 Å². The number of pyridine rings is 1. The summed E-state index contributed by atoms with van der Waals surface area (Å²) < 4.78 is 0. The molecule has 1 saturated heterocycles. The smallest absolute Gasteiger partial charge is 0.129 e. The number of anilines is 1. The lowest BCUT2D eigenvalue weighted by Gasteiger charge is -2.35. The molecule has 19 heavy (non-hydrogen) atoms. The van der Waals surface area contributed by atoms with Gasteiger partial charge in [-0.2, -0.15) is 0 Å². The number of aromatic nitrogens is 1. The molecule has 2 rings (SSSR count). The van der Waals surface area contributed by atoms with Crippen molar-refractivity contribution in [3.8, 4) is 0 Å². The summed E-state index contributed by atoms with van der Waals surface area (Å²) in [5, 5.41) is 19.2. The van der Waals surface area contributed by atoms with Gasteiger partial charge in [-0.3, -0.25) is 0 Å². The molecule has 1 aromatic rings. The van der Waals surface area contributed by atoms with Crippen molar-refractivity contribution in [3.05, 3.63) is 23.4 Å². The van der Waals surface area contributed by atoms with E-state index in [1.807, 2.05) is 12.1 Å². The third-order valence-corrected chi connectivity index (χ3v) is 3.85. The van der Waals surface area contributed by atoms with Crippen molar-refractivity contribution < 1.29 is 10.2 Å². The second-order valence-corrected chi connectivity index (χ2v) is 5.85. The largest absolute Gasteiger partial charge is 0.393 e. The van der Waals surface area contributed by atoms with E-state index in [2.05, 4.69) is 25.7 Å². The van der Waals surface area contributed by atoms with Crippen molar-refractivity contribution in [2.75, 3.05) is 18.0 Å². The summed E-state index contributed by atoms with van der Waals surface area (Å²) in [7, 11) is 0. The minimum Gasteiger partial charge on any atom is -0.393 e. The molecule has 0 bridgehead atoms. The molecule has 0 amide bonds. The van der Waals surface area contributed by atoms with Gasteiger partial charge in [0.2, 0.25) is 0 Å². The van der Waals surface area contributed by atoms with Gasteiger partial charge < -0.3 is 15.1 Å². The van der Waals surface area contributed by atoms with Gasteiger partial charge in [-0.25, -0.2) is 4.98 Å². The van der Waals surface area contributed by atoms with Gasteiger partial charge in [-0.1, -0.05) is 20.8 Å². The standard InChI is InChI=1S/C15H24N2O2/c1-10(2)13-6-12(9-18)7-15(16-13)17-5-4-14(19)11(3)8-17/h6-7,10-11,14,18-19H,4-5,8-9H2,1-3H3. The predicted molar refractivity (Wildman–Crippen MR) is 76.2 cm³/mol. The molecule has 2 N–H and O–H groups in total. The second-order valence-electron chi connectivity index (χ2n) is 5.85. The molecular weight excluding hydrogens is 240 g/mol. The van der Waals surface area contributed by atoms with Gasteiger partial charge in [-0.15, -0.1) is 0 Å². The minimum absolute atomic E-state index is 0.0429. The molecule has 0 radical (unpaired) electrons. The van der Waals surface area contributed by atoms with E-state index < -0.39 is 0 Å². The van der Waals surface area contributed by atoms with Crippen LogP contribution in [0.1, 0.15) is 44.4 Å². The van der Waals surface area contributed by atoms with Gasteiger partial charge in [0.25, 0.3) is 0 Å². The molecule has 4 heteroatoms. The van der Waals surface area contributed by atoms with E-state index in [4.69, 9.17) is 4.98 Å². The third kappa shape index (κ3) is 3.25. The number of aliphatic hydroxyl groups excluding tert-OH is 2. The highest BCUT2D eigenvalue weighted by Crippen LogP contribution is 2.25. The van der Waals surface area contributed by atoms with Crippen LogP contribution in [0.25, 0.3) is 0 Å². The minimum atomic E-state index is -0.207. The molecule has 0 saturated carbocycles. The highest BCUT2D eigenvalue weighted by atomic mass is 16.3. The van der Waals surface area contributed by atoms with Gasteiger partial charge in [0.1, 0.15) is 5.82 Å². The summed E-state index contributed by atoms with van der Waals surface area (Å²) in [6.45, 7) is 7.97. The molecule has 1 aromatic heterocycles. The lowest BCUT2D eigenvalue weighted by molar-refractivity contribution is 0.0968. The van der Waals surface area contributed by atoms with Gasteiger partial charge in [0, 0.05) is 18.8 Å². The van der Waals surface area contributed by atoms with Crippen LogP contribution in [0.5, 0.6) is 0 Å². The molecule has 1 aliphatic heterocycles. The summed E-state index contributed by atoms with van der Waals surface area (Å²) in [6.07, 6.45) is 0.574. The Hall–Kier alpha value is -1.13. The number of aliphatic hydroxyl groups is 2. The van der Waals surface area contributed by atoms with Gasteiger partial charge in [0.15, 0.2) is 0 Å². The summed E-state index contributed by atoms with van der Waals surface area (Å²) in [5.74, 6) is 1.53. The molecular formula is C15H24N2O2. The third-order valence-electron chi connectivity index (χ3n) is 3.85. The molecule has 4 nitrogen and oxygen atoms in total. The normalized spacial score (nSPS) is 24.0. The van der Waals surface area contributed by atoms with Crippen LogP contribution in [0.3, 0.4) is 0 Å². The van der Waals surface area contributed by atoms with Crippen LogP contribution in [0.4, 0.5) is 5.82 Å². The van der Waals surface area contributed by atoms with Crippen LogP contribution in [0.15, 0.2) is 12.1 Å². The quantitative estimate of drug-likeness (QED) is 0.875. The van der Waals surface area contributed by atoms with Crippen LogP contribution >= 0.6 is 0 Å². The summed E-state index contributed by atoms with van der Waals surface area (Å²) >= 11 is 0. The Labute approximate surface area is 115 Å². The van der Waals surface area contributed by atoms with Crippen molar-refractivity contribution >= 4 is 5.82 Å². The van der Waals surface area contributed by atoms with Crippen molar-refractivity contribution in [3.63, 3.8) is 0 Å². The zero-order chi connectivity index (χ0) is 14.0. The number of nitrogens with zero attached hydrogens (tertiary/aromatic N) is 2. The van der Waals surface area contributed by atoms with Gasteiger partial charge >= 0.3 is 0 Å². The van der Waals surface area contributed by atoms with Crippen LogP contribution < -0.4 is 4.90 Å². The fourth-order valence-electron chi connectivity index (χ4n) is 2.48. The number of rotatable bonds is 3. The van der Waals surface area contributed by atoms with E-state index in [0.717, 1.165) is 36.6 Å². The van der Waals surface area contributed by atoms with Crippen molar-refractivity contribution in [1.29, 1.82) is 0 Å². The first-order valence-electron chi connectivity index (χ1n) is 7.06. The highest BCUT2D eigenvalue weighted by Gasteiger charge is 2.25. The predicted octanol–water partition coefficient (Wildman–Crippen LogP) is 1.90. The van der Waals surface area contributed by atoms with E-state index in [1.54, 1.807) is 0 Å². The van der Waals surface area contributed by atoms with Gasteiger partial charge in [0.05, 0.1) is 12.7 Å². The van der Waals surface area contributed by atoms with Crippen LogP contribution in [-0.4, -0.2) is 34.4 Å². The summed E-state index contributed by atoms with van der Waals surface area (Å²) in [4.78, 5) is 6.91. The molecule has 1 aliphatic rings. The van der Waals surface area contributed by atoms with Crippen molar-refractivity contribution in [2.45, 2.75) is 45.8 Å².